The molecule has 2 N–H and O–H groups in total. The van der Waals surface area contributed by atoms with Crippen LogP contribution in [0.15, 0.2) is 24.3 Å². The number of amides is 1. The van der Waals surface area contributed by atoms with Gasteiger partial charge >= 0.3 is 6.09 Å². The van der Waals surface area contributed by atoms with Gasteiger partial charge in [-0.15, -0.1) is 0 Å². The highest BCUT2D eigenvalue weighted by molar-refractivity contribution is 14.1. The number of hydrogen-bond donors (Lipinski definition) is 2. The van der Waals surface area contributed by atoms with E-state index in [9.17, 15) is 4.79 Å². The van der Waals surface area contributed by atoms with Crippen molar-refractivity contribution >= 4 is 28.7 Å². The van der Waals surface area contributed by atoms with Crippen LogP contribution in [-0.2, 0) is 6.42 Å². The zero-order valence-corrected chi connectivity index (χ0v) is 9.93. The predicted molar refractivity (Wildman–Crippen MR) is 63.4 cm³/mol. The molecule has 0 fully saturated rings. The number of nitrogens with zero attached hydrogens (tertiary/aromatic N) is 1. The van der Waals surface area contributed by atoms with E-state index >= 15 is 0 Å². The van der Waals surface area contributed by atoms with Crippen LogP contribution in [0.2, 0.25) is 0 Å². The normalized spacial score (nSPS) is 11.5. The summed E-state index contributed by atoms with van der Waals surface area (Å²) < 4.78 is 1.11. The number of carboxylic acid groups (broad SMARTS) is 1. The summed E-state index contributed by atoms with van der Waals surface area (Å²) in [5.41, 5.74) is 0.940. The van der Waals surface area contributed by atoms with E-state index in [1.54, 1.807) is 0 Å². The van der Waals surface area contributed by atoms with Gasteiger partial charge in [0.2, 0.25) is 0 Å². The summed E-state index contributed by atoms with van der Waals surface area (Å²) in [5, 5.41) is 19.3. The molecule has 0 saturated heterocycles. The van der Waals surface area contributed by atoms with Gasteiger partial charge in [0, 0.05) is 9.99 Å². The van der Waals surface area contributed by atoms with Gasteiger partial charge in [-0.05, 0) is 40.3 Å². The third-order valence-corrected chi connectivity index (χ3v) is 2.53. The molecule has 1 atom stereocenters. The number of benzene rings is 1. The molecule has 5 heteroatoms. The fourth-order valence-corrected chi connectivity index (χ4v) is 1.49. The zero-order chi connectivity index (χ0) is 11.3. The number of carbonyl (C=O) groups is 1. The SMILES string of the molecule is N#CC(Cc1ccc(I)cc1)NC(=O)O. The van der Waals surface area contributed by atoms with Crippen molar-refractivity contribution in [3.63, 3.8) is 0 Å². The minimum atomic E-state index is -1.17. The van der Waals surface area contributed by atoms with E-state index in [1.165, 1.54) is 0 Å². The Bertz CT molecular complexity index is 383. The number of nitriles is 1. The van der Waals surface area contributed by atoms with E-state index in [0.29, 0.717) is 6.42 Å². The van der Waals surface area contributed by atoms with Crippen LogP contribution in [0.25, 0.3) is 0 Å². The van der Waals surface area contributed by atoms with Gasteiger partial charge in [-0.3, -0.25) is 0 Å². The van der Waals surface area contributed by atoms with Gasteiger partial charge in [0.25, 0.3) is 0 Å². The largest absolute Gasteiger partial charge is 0.465 e. The van der Waals surface area contributed by atoms with Gasteiger partial charge in [0.15, 0.2) is 0 Å². The molecule has 0 aliphatic rings. The summed E-state index contributed by atoms with van der Waals surface area (Å²) in [6, 6.07) is 8.82. The van der Waals surface area contributed by atoms with Crippen molar-refractivity contribution in [1.82, 2.24) is 5.32 Å². The van der Waals surface area contributed by atoms with Crippen molar-refractivity contribution in [1.29, 1.82) is 5.26 Å². The first-order valence-corrected chi connectivity index (χ1v) is 5.33. The molecular weight excluding hydrogens is 307 g/mol. The second-order valence-corrected chi connectivity index (χ2v) is 4.21. The highest BCUT2D eigenvalue weighted by atomic mass is 127. The summed E-state index contributed by atoms with van der Waals surface area (Å²) in [6.07, 6.45) is -0.785. The molecule has 0 radical (unpaired) electrons. The molecule has 0 bridgehead atoms. The van der Waals surface area contributed by atoms with E-state index < -0.39 is 12.1 Å². The lowest BCUT2D eigenvalue weighted by Gasteiger charge is -2.08. The lowest BCUT2D eigenvalue weighted by molar-refractivity contribution is 0.192. The molecule has 0 spiro atoms. The molecular formula is C10H9IN2O2. The van der Waals surface area contributed by atoms with E-state index in [-0.39, 0.29) is 0 Å². The quantitative estimate of drug-likeness (QED) is 0.838. The molecule has 0 aliphatic heterocycles. The number of rotatable bonds is 3. The number of halogens is 1. The molecule has 0 aromatic heterocycles. The first kappa shape index (κ1) is 11.8. The van der Waals surface area contributed by atoms with Crippen LogP contribution in [0.1, 0.15) is 5.56 Å². The van der Waals surface area contributed by atoms with Crippen molar-refractivity contribution in [3.8, 4) is 6.07 Å². The Hall–Kier alpha value is -1.29. The van der Waals surface area contributed by atoms with Gasteiger partial charge in [0.05, 0.1) is 6.07 Å². The Morgan fingerprint density at radius 3 is 2.60 bits per heavy atom. The smallest absolute Gasteiger partial charge is 0.405 e. The Kier molecular flexibility index (Phi) is 4.37. The van der Waals surface area contributed by atoms with Crippen molar-refractivity contribution in [2.75, 3.05) is 0 Å². The molecule has 0 saturated carbocycles. The Labute approximate surface area is 101 Å². The molecule has 4 nitrogen and oxygen atoms in total. The Balaban J connectivity index is 2.63. The van der Waals surface area contributed by atoms with E-state index in [0.717, 1.165) is 9.13 Å². The molecule has 15 heavy (non-hydrogen) atoms. The molecule has 78 valence electrons. The van der Waals surface area contributed by atoms with Crippen LogP contribution in [-0.4, -0.2) is 17.2 Å². The molecule has 1 rings (SSSR count). The maximum Gasteiger partial charge on any atom is 0.405 e. The topological polar surface area (TPSA) is 73.1 Å². The first-order chi connectivity index (χ1) is 7.11. The molecule has 1 aromatic carbocycles. The lowest BCUT2D eigenvalue weighted by atomic mass is 10.1. The van der Waals surface area contributed by atoms with Crippen LogP contribution in [0.4, 0.5) is 4.79 Å². The molecule has 1 unspecified atom stereocenters. The summed E-state index contributed by atoms with van der Waals surface area (Å²) in [6.45, 7) is 0. The van der Waals surface area contributed by atoms with Gasteiger partial charge in [-0.2, -0.15) is 5.26 Å². The fourth-order valence-electron chi connectivity index (χ4n) is 1.13. The standard InChI is InChI=1S/C10H9IN2O2/c11-8-3-1-7(2-4-8)5-9(6-12)13-10(14)15/h1-4,9,13H,5H2,(H,14,15). The molecule has 1 aromatic rings. The first-order valence-electron chi connectivity index (χ1n) is 4.25. The average Bonchev–Trinajstić information content (AvgIpc) is 2.19. The van der Waals surface area contributed by atoms with Gasteiger partial charge in [-0.1, -0.05) is 12.1 Å². The van der Waals surface area contributed by atoms with Crippen LogP contribution in [0.3, 0.4) is 0 Å². The summed E-state index contributed by atoms with van der Waals surface area (Å²) in [4.78, 5) is 10.3. The molecule has 1 amide bonds. The van der Waals surface area contributed by atoms with Gasteiger partial charge < -0.3 is 10.4 Å². The van der Waals surface area contributed by atoms with Crippen molar-refractivity contribution in [3.05, 3.63) is 33.4 Å². The summed E-state index contributed by atoms with van der Waals surface area (Å²) >= 11 is 2.18. The maximum absolute atomic E-state index is 10.3. The number of hydrogen-bond acceptors (Lipinski definition) is 2. The molecule has 0 aliphatic carbocycles. The lowest BCUT2D eigenvalue weighted by Crippen LogP contribution is -2.33. The second-order valence-electron chi connectivity index (χ2n) is 2.96. The highest BCUT2D eigenvalue weighted by Gasteiger charge is 2.10. The monoisotopic (exact) mass is 316 g/mol. The molecule has 0 heterocycles. The van der Waals surface area contributed by atoms with Crippen molar-refractivity contribution in [2.45, 2.75) is 12.5 Å². The summed E-state index contributed by atoms with van der Waals surface area (Å²) in [5.74, 6) is 0. The zero-order valence-electron chi connectivity index (χ0n) is 7.77. The van der Waals surface area contributed by atoms with Crippen molar-refractivity contribution < 1.29 is 9.90 Å². The third-order valence-electron chi connectivity index (χ3n) is 1.81. The second kappa shape index (κ2) is 5.56. The van der Waals surface area contributed by atoms with E-state index in [4.69, 9.17) is 10.4 Å². The highest BCUT2D eigenvalue weighted by Crippen LogP contribution is 2.08. The Morgan fingerprint density at radius 2 is 2.13 bits per heavy atom. The Morgan fingerprint density at radius 1 is 1.53 bits per heavy atom. The predicted octanol–water partition coefficient (Wildman–Crippen LogP) is 1.99. The fraction of sp³-hybridized carbons (Fsp3) is 0.200. The van der Waals surface area contributed by atoms with E-state index in [2.05, 4.69) is 27.9 Å². The minimum absolute atomic E-state index is 0.389. The van der Waals surface area contributed by atoms with Crippen LogP contribution in [0.5, 0.6) is 0 Å². The maximum atomic E-state index is 10.3. The summed E-state index contributed by atoms with van der Waals surface area (Å²) in [7, 11) is 0. The van der Waals surface area contributed by atoms with Gasteiger partial charge in [0.1, 0.15) is 6.04 Å². The van der Waals surface area contributed by atoms with Crippen LogP contribution >= 0.6 is 22.6 Å². The number of nitrogens with one attached hydrogen (secondary N) is 1. The van der Waals surface area contributed by atoms with Crippen LogP contribution < -0.4 is 5.32 Å². The van der Waals surface area contributed by atoms with Gasteiger partial charge in [-0.25, -0.2) is 4.79 Å². The van der Waals surface area contributed by atoms with E-state index in [1.807, 2.05) is 30.3 Å². The van der Waals surface area contributed by atoms with Crippen LogP contribution in [0, 0.1) is 14.9 Å². The average molecular weight is 316 g/mol. The van der Waals surface area contributed by atoms with Crippen molar-refractivity contribution in [2.24, 2.45) is 0 Å². The minimum Gasteiger partial charge on any atom is -0.465 e. The third kappa shape index (κ3) is 4.16.